The van der Waals surface area contributed by atoms with Crippen LogP contribution in [0.3, 0.4) is 0 Å². The zero-order valence-corrected chi connectivity index (χ0v) is 14.9. The summed E-state index contributed by atoms with van der Waals surface area (Å²) in [7, 11) is 0. The second-order valence-electron chi connectivity index (χ2n) is 5.97. The van der Waals surface area contributed by atoms with Crippen LogP contribution in [0.4, 0.5) is 0 Å². The number of benzene rings is 1. The maximum absolute atomic E-state index is 5.81. The summed E-state index contributed by atoms with van der Waals surface area (Å²) in [5.74, 6) is 0. The van der Waals surface area contributed by atoms with Gasteiger partial charge in [0.15, 0.2) is 0 Å². The molecule has 1 fully saturated rings. The Kier molecular flexibility index (Phi) is 6.68. The number of hydrogen-bond donors (Lipinski definition) is 1. The van der Waals surface area contributed by atoms with Gasteiger partial charge >= 0.3 is 0 Å². The van der Waals surface area contributed by atoms with Crippen molar-refractivity contribution < 1.29 is 4.74 Å². The van der Waals surface area contributed by atoms with Gasteiger partial charge in [-0.1, -0.05) is 35.0 Å². The van der Waals surface area contributed by atoms with Gasteiger partial charge in [-0.15, -0.1) is 0 Å². The number of hydrogen-bond acceptors (Lipinski definition) is 3. The summed E-state index contributed by atoms with van der Waals surface area (Å²) in [6.07, 6.45) is 1.83. The van der Waals surface area contributed by atoms with Crippen molar-refractivity contribution in [1.82, 2.24) is 10.2 Å². The topological polar surface area (TPSA) is 24.5 Å². The zero-order valence-electron chi connectivity index (χ0n) is 13.3. The summed E-state index contributed by atoms with van der Waals surface area (Å²) in [6, 6.07) is 9.10. The number of morpholine rings is 1. The SMILES string of the molecule is CCNC(CCN1C[C@@H](C)O[C@@H](C)C1)c1ccc(Br)cc1. The fraction of sp³-hybridized carbons (Fsp3) is 0.647. The Balaban J connectivity index is 1.92. The second kappa shape index (κ2) is 8.28. The molecule has 3 atom stereocenters. The summed E-state index contributed by atoms with van der Waals surface area (Å²) in [5, 5.41) is 3.61. The average molecular weight is 355 g/mol. The van der Waals surface area contributed by atoms with E-state index in [-0.39, 0.29) is 0 Å². The lowest BCUT2D eigenvalue weighted by atomic mass is 10.0. The third-order valence-electron chi connectivity index (χ3n) is 3.95. The first-order chi connectivity index (χ1) is 10.1. The van der Waals surface area contributed by atoms with Crippen LogP contribution < -0.4 is 5.32 Å². The van der Waals surface area contributed by atoms with Gasteiger partial charge in [0.25, 0.3) is 0 Å². The molecule has 118 valence electrons. The van der Waals surface area contributed by atoms with E-state index in [0.717, 1.165) is 37.1 Å². The second-order valence-corrected chi connectivity index (χ2v) is 6.88. The molecule has 3 nitrogen and oxygen atoms in total. The summed E-state index contributed by atoms with van der Waals surface area (Å²) in [5.41, 5.74) is 1.37. The molecule has 0 saturated carbocycles. The quantitative estimate of drug-likeness (QED) is 0.844. The molecule has 1 N–H and O–H groups in total. The molecule has 0 spiro atoms. The molecule has 2 rings (SSSR count). The molecular formula is C17H27BrN2O. The van der Waals surface area contributed by atoms with E-state index in [1.807, 2.05) is 0 Å². The van der Waals surface area contributed by atoms with E-state index in [0.29, 0.717) is 18.2 Å². The molecule has 0 aromatic heterocycles. The largest absolute Gasteiger partial charge is 0.373 e. The van der Waals surface area contributed by atoms with Crippen molar-refractivity contribution in [2.45, 2.75) is 45.4 Å². The van der Waals surface area contributed by atoms with Crippen molar-refractivity contribution >= 4 is 15.9 Å². The lowest BCUT2D eigenvalue weighted by Crippen LogP contribution is -2.46. The van der Waals surface area contributed by atoms with Gasteiger partial charge in [0.1, 0.15) is 0 Å². The highest BCUT2D eigenvalue weighted by molar-refractivity contribution is 9.10. The highest BCUT2D eigenvalue weighted by Crippen LogP contribution is 2.21. The minimum absolute atomic E-state index is 0.346. The molecule has 1 aliphatic rings. The first-order valence-corrected chi connectivity index (χ1v) is 8.74. The van der Waals surface area contributed by atoms with Crippen molar-refractivity contribution in [2.24, 2.45) is 0 Å². The Morgan fingerprint density at radius 1 is 1.24 bits per heavy atom. The number of nitrogens with one attached hydrogen (secondary N) is 1. The van der Waals surface area contributed by atoms with Crippen molar-refractivity contribution in [2.75, 3.05) is 26.2 Å². The summed E-state index contributed by atoms with van der Waals surface area (Å²) in [6.45, 7) is 10.7. The predicted molar refractivity (Wildman–Crippen MR) is 91.6 cm³/mol. The van der Waals surface area contributed by atoms with Crippen molar-refractivity contribution in [1.29, 1.82) is 0 Å². The molecule has 0 bridgehead atoms. The van der Waals surface area contributed by atoms with Crippen LogP contribution in [0.25, 0.3) is 0 Å². The molecule has 0 radical (unpaired) electrons. The van der Waals surface area contributed by atoms with Gasteiger partial charge in [0, 0.05) is 30.1 Å². The van der Waals surface area contributed by atoms with Crippen LogP contribution in [0.2, 0.25) is 0 Å². The van der Waals surface area contributed by atoms with Gasteiger partial charge in [-0.05, 0) is 44.5 Å². The third kappa shape index (κ3) is 5.37. The molecule has 0 amide bonds. The normalized spacial score (nSPS) is 25.0. The van der Waals surface area contributed by atoms with Crippen LogP contribution in [0.5, 0.6) is 0 Å². The van der Waals surface area contributed by atoms with Crippen LogP contribution in [-0.2, 0) is 4.74 Å². The fourth-order valence-electron chi connectivity index (χ4n) is 3.11. The van der Waals surface area contributed by atoms with Gasteiger partial charge < -0.3 is 10.1 Å². The molecular weight excluding hydrogens is 328 g/mol. The van der Waals surface area contributed by atoms with Gasteiger partial charge in [-0.25, -0.2) is 0 Å². The average Bonchev–Trinajstić information content (AvgIpc) is 2.43. The smallest absolute Gasteiger partial charge is 0.0678 e. The van der Waals surface area contributed by atoms with Gasteiger partial charge in [-0.3, -0.25) is 4.90 Å². The van der Waals surface area contributed by atoms with E-state index in [1.165, 1.54) is 5.56 Å². The van der Waals surface area contributed by atoms with Crippen molar-refractivity contribution in [3.8, 4) is 0 Å². The van der Waals surface area contributed by atoms with Crippen LogP contribution in [0.15, 0.2) is 28.7 Å². The van der Waals surface area contributed by atoms with Crippen LogP contribution >= 0.6 is 15.9 Å². The monoisotopic (exact) mass is 354 g/mol. The first kappa shape index (κ1) is 16.9. The van der Waals surface area contributed by atoms with Gasteiger partial charge in [0.2, 0.25) is 0 Å². The van der Waals surface area contributed by atoms with E-state index >= 15 is 0 Å². The Labute approximate surface area is 137 Å². The van der Waals surface area contributed by atoms with Crippen LogP contribution in [0, 0.1) is 0 Å². The number of nitrogens with zero attached hydrogens (tertiary/aromatic N) is 1. The minimum atomic E-state index is 0.346. The Bertz CT molecular complexity index is 413. The summed E-state index contributed by atoms with van der Waals surface area (Å²) >= 11 is 3.51. The predicted octanol–water partition coefficient (Wildman–Crippen LogP) is 3.60. The maximum Gasteiger partial charge on any atom is 0.0678 e. The standard InChI is InChI=1S/C17H27BrN2O/c1-4-19-17(15-5-7-16(18)8-6-15)9-10-20-11-13(2)21-14(3)12-20/h5-8,13-14,17,19H,4,9-12H2,1-3H3/t13-,14+,17?. The van der Waals surface area contributed by atoms with Gasteiger partial charge in [-0.2, -0.15) is 0 Å². The van der Waals surface area contributed by atoms with Crippen molar-refractivity contribution in [3.63, 3.8) is 0 Å². The molecule has 0 aliphatic carbocycles. The molecule has 1 aliphatic heterocycles. The Morgan fingerprint density at radius 3 is 2.43 bits per heavy atom. The lowest BCUT2D eigenvalue weighted by Gasteiger charge is -2.36. The minimum Gasteiger partial charge on any atom is -0.373 e. The number of rotatable bonds is 6. The Hall–Kier alpha value is -0.420. The molecule has 4 heteroatoms. The number of ether oxygens (including phenoxy) is 1. The van der Waals surface area contributed by atoms with Crippen LogP contribution in [0.1, 0.15) is 38.8 Å². The molecule has 1 heterocycles. The lowest BCUT2D eigenvalue weighted by molar-refractivity contribution is -0.0685. The molecule has 1 aromatic rings. The maximum atomic E-state index is 5.81. The van der Waals surface area contributed by atoms with E-state index in [1.54, 1.807) is 0 Å². The highest BCUT2D eigenvalue weighted by Gasteiger charge is 2.22. The first-order valence-electron chi connectivity index (χ1n) is 7.95. The zero-order chi connectivity index (χ0) is 15.2. The Morgan fingerprint density at radius 2 is 1.86 bits per heavy atom. The molecule has 1 unspecified atom stereocenters. The summed E-state index contributed by atoms with van der Waals surface area (Å²) < 4.78 is 6.94. The number of halogens is 1. The molecule has 21 heavy (non-hydrogen) atoms. The molecule has 1 saturated heterocycles. The molecule has 1 aromatic carbocycles. The van der Waals surface area contributed by atoms with Crippen molar-refractivity contribution in [3.05, 3.63) is 34.3 Å². The highest BCUT2D eigenvalue weighted by atomic mass is 79.9. The summed E-state index contributed by atoms with van der Waals surface area (Å²) in [4.78, 5) is 2.53. The van der Waals surface area contributed by atoms with E-state index < -0.39 is 0 Å². The fourth-order valence-corrected chi connectivity index (χ4v) is 3.37. The van der Waals surface area contributed by atoms with Gasteiger partial charge in [0.05, 0.1) is 12.2 Å². The third-order valence-corrected chi connectivity index (χ3v) is 4.48. The van der Waals surface area contributed by atoms with E-state index in [4.69, 9.17) is 4.74 Å². The van der Waals surface area contributed by atoms with E-state index in [9.17, 15) is 0 Å². The van der Waals surface area contributed by atoms with Crippen LogP contribution in [-0.4, -0.2) is 43.3 Å². The van der Waals surface area contributed by atoms with E-state index in [2.05, 4.69) is 71.2 Å².